The number of amides is 1. The lowest BCUT2D eigenvalue weighted by atomic mass is 10.1. The summed E-state index contributed by atoms with van der Waals surface area (Å²) in [4.78, 5) is 13.3. The number of thiophene rings is 1. The number of rotatable bonds is 3. The summed E-state index contributed by atoms with van der Waals surface area (Å²) in [7, 11) is 0. The minimum absolute atomic E-state index is 0.0265. The van der Waals surface area contributed by atoms with E-state index in [0.717, 1.165) is 24.9 Å². The highest BCUT2D eigenvalue weighted by atomic mass is 79.9. The molecule has 1 aromatic carbocycles. The maximum atomic E-state index is 12.1. The maximum Gasteiger partial charge on any atom is 0.246 e. The predicted octanol–water partition coefficient (Wildman–Crippen LogP) is 4.51. The number of carbonyl (C=O) groups excluding carboxylic acids is 1. The lowest BCUT2D eigenvalue weighted by Crippen LogP contribution is -2.29. The molecule has 104 valence electrons. The summed E-state index contributed by atoms with van der Waals surface area (Å²) in [5.74, 6) is -0.0265. The van der Waals surface area contributed by atoms with Gasteiger partial charge in [-0.1, -0.05) is 33.6 Å². The quantitative estimate of drug-likeness (QED) is 0.833. The van der Waals surface area contributed by atoms with E-state index >= 15 is 0 Å². The minimum atomic E-state index is -0.351. The first-order valence-corrected chi connectivity index (χ1v) is 8.15. The van der Waals surface area contributed by atoms with E-state index in [2.05, 4.69) is 26.6 Å². The van der Waals surface area contributed by atoms with Gasteiger partial charge in [0.15, 0.2) is 0 Å². The molecule has 3 rings (SSSR count). The molecule has 1 aliphatic rings. The molecular weight excluding hydrogens is 360 g/mol. The summed E-state index contributed by atoms with van der Waals surface area (Å²) < 4.78 is 1.69. The highest BCUT2D eigenvalue weighted by Crippen LogP contribution is 2.38. The number of benzene rings is 1. The molecule has 0 saturated carbocycles. The largest absolute Gasteiger partial charge is 0.324 e. The molecule has 2 heterocycles. The Morgan fingerprint density at radius 1 is 1.40 bits per heavy atom. The summed E-state index contributed by atoms with van der Waals surface area (Å²) in [6, 6.07) is 9.33. The summed E-state index contributed by atoms with van der Waals surface area (Å²) >= 11 is 11.0. The molecule has 0 spiro atoms. The van der Waals surface area contributed by atoms with Crippen LogP contribution in [0.5, 0.6) is 0 Å². The summed E-state index contributed by atoms with van der Waals surface area (Å²) in [6.07, 6.45) is 0. The Bertz CT molecular complexity index is 673. The first kappa shape index (κ1) is 14.1. The van der Waals surface area contributed by atoms with Crippen LogP contribution in [0.15, 0.2) is 34.8 Å². The van der Waals surface area contributed by atoms with Crippen LogP contribution in [0.1, 0.15) is 29.4 Å². The Kier molecular flexibility index (Phi) is 3.86. The molecule has 2 unspecified atom stereocenters. The standard InChI is InChI=1S/C14H12BrClN2OS/c1-7(10-5-6-11(16)20-10)17-13-12-8(15)3-2-4-9(12)18-14(13)19/h2-7,13,17H,1H3,(H,18,19). The fourth-order valence-electron chi connectivity index (χ4n) is 2.33. The highest BCUT2D eigenvalue weighted by molar-refractivity contribution is 9.10. The van der Waals surface area contributed by atoms with E-state index in [9.17, 15) is 4.79 Å². The second-order valence-corrected chi connectivity index (χ2v) is 7.25. The third kappa shape index (κ3) is 2.51. The summed E-state index contributed by atoms with van der Waals surface area (Å²) in [5, 5.41) is 6.26. The summed E-state index contributed by atoms with van der Waals surface area (Å²) in [5.41, 5.74) is 1.82. The van der Waals surface area contributed by atoms with Crippen LogP contribution in [-0.4, -0.2) is 5.91 Å². The van der Waals surface area contributed by atoms with Gasteiger partial charge in [0.25, 0.3) is 0 Å². The average Bonchev–Trinajstić information content (AvgIpc) is 2.95. The van der Waals surface area contributed by atoms with Crippen LogP contribution in [0.25, 0.3) is 0 Å². The molecule has 1 amide bonds. The van der Waals surface area contributed by atoms with Crippen LogP contribution in [-0.2, 0) is 4.79 Å². The molecule has 2 aromatic rings. The molecule has 1 aliphatic heterocycles. The van der Waals surface area contributed by atoms with Gasteiger partial charge in [-0.15, -0.1) is 11.3 Å². The number of carbonyl (C=O) groups is 1. The third-order valence-corrected chi connectivity index (χ3v) is 5.40. The van der Waals surface area contributed by atoms with Crippen molar-refractivity contribution in [3.8, 4) is 0 Å². The smallest absolute Gasteiger partial charge is 0.246 e. The maximum absolute atomic E-state index is 12.1. The van der Waals surface area contributed by atoms with Crippen molar-refractivity contribution in [3.05, 3.63) is 49.6 Å². The molecule has 0 fully saturated rings. The molecule has 20 heavy (non-hydrogen) atoms. The van der Waals surface area contributed by atoms with Crippen LogP contribution in [0.3, 0.4) is 0 Å². The topological polar surface area (TPSA) is 41.1 Å². The zero-order valence-corrected chi connectivity index (χ0v) is 13.8. The van der Waals surface area contributed by atoms with Gasteiger partial charge in [-0.25, -0.2) is 0 Å². The van der Waals surface area contributed by atoms with Crippen molar-refractivity contribution in [1.29, 1.82) is 0 Å². The molecule has 2 atom stereocenters. The fraction of sp³-hybridized carbons (Fsp3) is 0.214. The molecule has 0 aliphatic carbocycles. The molecule has 0 radical (unpaired) electrons. The number of nitrogens with one attached hydrogen (secondary N) is 2. The first-order chi connectivity index (χ1) is 9.56. The normalized spacial score (nSPS) is 18.8. The number of hydrogen-bond donors (Lipinski definition) is 2. The fourth-order valence-corrected chi connectivity index (χ4v) is 4.00. The van der Waals surface area contributed by atoms with Gasteiger partial charge in [-0.2, -0.15) is 0 Å². The van der Waals surface area contributed by atoms with E-state index in [0.29, 0.717) is 0 Å². The number of anilines is 1. The third-order valence-electron chi connectivity index (χ3n) is 3.30. The number of halogens is 2. The Morgan fingerprint density at radius 2 is 2.20 bits per heavy atom. The van der Waals surface area contributed by atoms with Crippen LogP contribution >= 0.6 is 38.9 Å². The molecule has 6 heteroatoms. The molecule has 2 N–H and O–H groups in total. The van der Waals surface area contributed by atoms with Crippen molar-refractivity contribution < 1.29 is 4.79 Å². The van der Waals surface area contributed by atoms with Gasteiger partial charge in [0.2, 0.25) is 5.91 Å². The Morgan fingerprint density at radius 3 is 2.90 bits per heavy atom. The average molecular weight is 372 g/mol. The van der Waals surface area contributed by atoms with Crippen molar-refractivity contribution in [1.82, 2.24) is 5.32 Å². The van der Waals surface area contributed by atoms with Gasteiger partial charge in [-0.3, -0.25) is 10.1 Å². The van der Waals surface area contributed by atoms with Crippen molar-refractivity contribution >= 4 is 50.5 Å². The zero-order chi connectivity index (χ0) is 14.3. The monoisotopic (exact) mass is 370 g/mol. The SMILES string of the molecule is CC(NC1C(=O)Nc2cccc(Br)c21)c1ccc(Cl)s1. The molecule has 0 bridgehead atoms. The van der Waals surface area contributed by atoms with Crippen LogP contribution in [0.2, 0.25) is 4.34 Å². The second kappa shape index (κ2) is 5.48. The Balaban J connectivity index is 1.87. The van der Waals surface area contributed by atoms with E-state index < -0.39 is 0 Å². The summed E-state index contributed by atoms with van der Waals surface area (Å²) in [6.45, 7) is 2.03. The van der Waals surface area contributed by atoms with E-state index in [1.807, 2.05) is 37.3 Å². The second-order valence-electron chi connectivity index (χ2n) is 4.65. The van der Waals surface area contributed by atoms with Crippen molar-refractivity contribution in [2.75, 3.05) is 5.32 Å². The van der Waals surface area contributed by atoms with E-state index in [1.165, 1.54) is 11.3 Å². The lowest BCUT2D eigenvalue weighted by Gasteiger charge is -2.18. The van der Waals surface area contributed by atoms with E-state index in [-0.39, 0.29) is 18.0 Å². The van der Waals surface area contributed by atoms with Crippen molar-refractivity contribution in [2.24, 2.45) is 0 Å². The Hall–Kier alpha value is -0.880. The molecule has 0 saturated heterocycles. The van der Waals surface area contributed by atoms with Gasteiger partial charge in [0.1, 0.15) is 6.04 Å². The van der Waals surface area contributed by atoms with Gasteiger partial charge >= 0.3 is 0 Å². The Labute approximate surface area is 134 Å². The van der Waals surface area contributed by atoms with E-state index in [4.69, 9.17) is 11.6 Å². The van der Waals surface area contributed by atoms with Gasteiger partial charge < -0.3 is 5.32 Å². The van der Waals surface area contributed by atoms with E-state index in [1.54, 1.807) is 0 Å². The predicted molar refractivity (Wildman–Crippen MR) is 86.4 cm³/mol. The molecule has 3 nitrogen and oxygen atoms in total. The van der Waals surface area contributed by atoms with Crippen LogP contribution < -0.4 is 10.6 Å². The molecular formula is C14H12BrClN2OS. The van der Waals surface area contributed by atoms with Gasteiger partial charge in [-0.05, 0) is 31.2 Å². The van der Waals surface area contributed by atoms with Crippen molar-refractivity contribution in [2.45, 2.75) is 19.0 Å². The van der Waals surface area contributed by atoms with Crippen molar-refractivity contribution in [3.63, 3.8) is 0 Å². The molecule has 1 aromatic heterocycles. The number of hydrogen-bond acceptors (Lipinski definition) is 3. The minimum Gasteiger partial charge on any atom is -0.324 e. The zero-order valence-electron chi connectivity index (χ0n) is 10.6. The lowest BCUT2D eigenvalue weighted by molar-refractivity contribution is -0.117. The van der Waals surface area contributed by atoms with Crippen LogP contribution in [0.4, 0.5) is 5.69 Å². The number of fused-ring (bicyclic) bond motifs is 1. The van der Waals surface area contributed by atoms with Gasteiger partial charge in [0.05, 0.1) is 4.34 Å². The highest BCUT2D eigenvalue weighted by Gasteiger charge is 2.33. The van der Waals surface area contributed by atoms with Crippen LogP contribution in [0, 0.1) is 0 Å². The first-order valence-electron chi connectivity index (χ1n) is 6.17. The van der Waals surface area contributed by atoms with Gasteiger partial charge in [0, 0.05) is 26.6 Å².